The van der Waals surface area contributed by atoms with Crippen molar-refractivity contribution in [3.8, 4) is 0 Å². The van der Waals surface area contributed by atoms with Crippen molar-refractivity contribution < 1.29 is 9.53 Å². The largest absolute Gasteiger partial charge is 0.376 e. The van der Waals surface area contributed by atoms with Crippen molar-refractivity contribution in [1.82, 2.24) is 9.88 Å². The Kier molecular flexibility index (Phi) is 4.03. The minimum Gasteiger partial charge on any atom is -0.376 e. The molecule has 0 bridgehead atoms. The highest BCUT2D eigenvalue weighted by Crippen LogP contribution is 2.24. The molecule has 1 aromatic heterocycles. The molecule has 0 spiro atoms. The minimum atomic E-state index is -0.0456. The number of rotatable bonds is 4. The van der Waals surface area contributed by atoms with Crippen LogP contribution in [0.2, 0.25) is 0 Å². The molecule has 1 amide bonds. The van der Waals surface area contributed by atoms with E-state index < -0.39 is 0 Å². The van der Waals surface area contributed by atoms with E-state index in [1.54, 1.807) is 11.3 Å². The van der Waals surface area contributed by atoms with E-state index in [1.807, 2.05) is 17.3 Å². The number of hydrogen-bond acceptors (Lipinski definition) is 4. The van der Waals surface area contributed by atoms with Crippen LogP contribution in [0.5, 0.6) is 0 Å². The summed E-state index contributed by atoms with van der Waals surface area (Å²) in [4.78, 5) is 18.4. The molecule has 5 heteroatoms. The van der Waals surface area contributed by atoms with Gasteiger partial charge >= 0.3 is 0 Å². The standard InChI is InChI=1S/C16H18N2O2S/c1-3-16(19)18(14-6-7-20-11(14)2)9-12-4-5-15-13(8-12)17-10-21-15/h3-5,8,10-11,14H,1,6-7,9H2,2H3. The molecule has 0 N–H and O–H groups in total. The number of carbonyl (C=O) groups excluding carboxylic acids is 1. The minimum absolute atomic E-state index is 0.0456. The van der Waals surface area contributed by atoms with E-state index in [1.165, 1.54) is 6.08 Å². The van der Waals surface area contributed by atoms with E-state index in [9.17, 15) is 4.79 Å². The van der Waals surface area contributed by atoms with Gasteiger partial charge in [-0.05, 0) is 37.1 Å². The first-order valence-corrected chi connectivity index (χ1v) is 7.94. The highest BCUT2D eigenvalue weighted by Gasteiger charge is 2.32. The summed E-state index contributed by atoms with van der Waals surface area (Å²) in [7, 11) is 0. The predicted molar refractivity (Wildman–Crippen MR) is 84.2 cm³/mol. The van der Waals surface area contributed by atoms with Gasteiger partial charge in [0.15, 0.2) is 0 Å². The third-order valence-electron chi connectivity index (χ3n) is 3.94. The molecule has 4 nitrogen and oxygen atoms in total. The third kappa shape index (κ3) is 2.84. The lowest BCUT2D eigenvalue weighted by Crippen LogP contribution is -2.42. The summed E-state index contributed by atoms with van der Waals surface area (Å²) in [5, 5.41) is 0. The molecule has 1 aliphatic rings. The number of nitrogens with zero attached hydrogens (tertiary/aromatic N) is 2. The number of carbonyl (C=O) groups is 1. The zero-order chi connectivity index (χ0) is 14.8. The summed E-state index contributed by atoms with van der Waals surface area (Å²) >= 11 is 1.62. The average molecular weight is 302 g/mol. The molecule has 2 heterocycles. The zero-order valence-corrected chi connectivity index (χ0v) is 12.8. The Morgan fingerprint density at radius 1 is 1.62 bits per heavy atom. The number of aromatic nitrogens is 1. The van der Waals surface area contributed by atoms with Gasteiger partial charge in [-0.15, -0.1) is 11.3 Å². The van der Waals surface area contributed by atoms with Crippen molar-refractivity contribution in [3.63, 3.8) is 0 Å². The molecule has 21 heavy (non-hydrogen) atoms. The van der Waals surface area contributed by atoms with E-state index in [-0.39, 0.29) is 18.1 Å². The molecule has 0 radical (unpaired) electrons. The van der Waals surface area contributed by atoms with Crippen molar-refractivity contribution in [2.24, 2.45) is 0 Å². The van der Waals surface area contributed by atoms with Crippen molar-refractivity contribution in [1.29, 1.82) is 0 Å². The van der Waals surface area contributed by atoms with Crippen LogP contribution in [-0.4, -0.2) is 34.5 Å². The molecule has 2 atom stereocenters. The first-order valence-electron chi connectivity index (χ1n) is 7.06. The highest BCUT2D eigenvalue weighted by atomic mass is 32.1. The van der Waals surface area contributed by atoms with Gasteiger partial charge in [0.25, 0.3) is 0 Å². The summed E-state index contributed by atoms with van der Waals surface area (Å²) < 4.78 is 6.76. The Labute approximate surface area is 128 Å². The van der Waals surface area contributed by atoms with Crippen LogP contribution in [0.25, 0.3) is 10.2 Å². The summed E-state index contributed by atoms with van der Waals surface area (Å²) in [5.74, 6) is -0.0456. The molecular formula is C16H18N2O2S. The number of ether oxygens (including phenoxy) is 1. The Balaban J connectivity index is 1.86. The van der Waals surface area contributed by atoms with Gasteiger partial charge in [-0.25, -0.2) is 4.98 Å². The van der Waals surface area contributed by atoms with E-state index in [4.69, 9.17) is 4.74 Å². The Hall–Kier alpha value is -1.72. The van der Waals surface area contributed by atoms with Crippen LogP contribution in [0.4, 0.5) is 0 Å². The van der Waals surface area contributed by atoms with Gasteiger partial charge in [-0.1, -0.05) is 12.6 Å². The zero-order valence-electron chi connectivity index (χ0n) is 12.0. The first-order chi connectivity index (χ1) is 10.2. The van der Waals surface area contributed by atoms with Crippen LogP contribution in [0.1, 0.15) is 18.9 Å². The lowest BCUT2D eigenvalue weighted by molar-refractivity contribution is -0.130. The molecule has 1 aromatic carbocycles. The number of benzene rings is 1. The van der Waals surface area contributed by atoms with Gasteiger partial charge in [0, 0.05) is 13.2 Å². The lowest BCUT2D eigenvalue weighted by atomic mass is 10.1. The molecule has 110 valence electrons. The summed E-state index contributed by atoms with van der Waals surface area (Å²) in [6, 6.07) is 6.29. The molecular weight excluding hydrogens is 284 g/mol. The van der Waals surface area contributed by atoms with Gasteiger partial charge in [-0.3, -0.25) is 4.79 Å². The predicted octanol–water partition coefficient (Wildman–Crippen LogP) is 2.99. The second-order valence-corrected chi connectivity index (χ2v) is 6.14. The van der Waals surface area contributed by atoms with Crippen LogP contribution >= 0.6 is 11.3 Å². The topological polar surface area (TPSA) is 42.4 Å². The number of amides is 1. The maximum Gasteiger partial charge on any atom is 0.246 e. The van der Waals surface area contributed by atoms with E-state index in [0.29, 0.717) is 13.2 Å². The normalized spacial score (nSPS) is 21.6. The Morgan fingerprint density at radius 3 is 3.19 bits per heavy atom. The third-order valence-corrected chi connectivity index (χ3v) is 4.75. The first kappa shape index (κ1) is 14.2. The van der Waals surface area contributed by atoms with E-state index >= 15 is 0 Å². The van der Waals surface area contributed by atoms with Crippen LogP contribution in [-0.2, 0) is 16.1 Å². The molecule has 1 saturated heterocycles. The maximum absolute atomic E-state index is 12.2. The fourth-order valence-electron chi connectivity index (χ4n) is 2.80. The van der Waals surface area contributed by atoms with Crippen LogP contribution in [0, 0.1) is 0 Å². The number of fused-ring (bicyclic) bond motifs is 1. The quantitative estimate of drug-likeness (QED) is 0.815. The molecule has 0 aliphatic carbocycles. The van der Waals surface area contributed by atoms with E-state index in [0.717, 1.165) is 22.2 Å². The van der Waals surface area contributed by atoms with Crippen LogP contribution in [0.3, 0.4) is 0 Å². The number of thiazole rings is 1. The molecule has 0 saturated carbocycles. The number of hydrogen-bond donors (Lipinski definition) is 0. The lowest BCUT2D eigenvalue weighted by Gasteiger charge is -2.30. The smallest absolute Gasteiger partial charge is 0.246 e. The second-order valence-electron chi connectivity index (χ2n) is 5.26. The average Bonchev–Trinajstić information content (AvgIpc) is 3.12. The van der Waals surface area contributed by atoms with Crippen molar-refractivity contribution >= 4 is 27.5 Å². The molecule has 2 aromatic rings. The summed E-state index contributed by atoms with van der Waals surface area (Å²) in [6.45, 7) is 6.91. The van der Waals surface area contributed by atoms with Gasteiger partial charge in [0.2, 0.25) is 5.91 Å². The van der Waals surface area contributed by atoms with Gasteiger partial charge in [0.1, 0.15) is 0 Å². The van der Waals surface area contributed by atoms with Crippen molar-refractivity contribution in [2.75, 3.05) is 6.61 Å². The van der Waals surface area contributed by atoms with Crippen molar-refractivity contribution in [3.05, 3.63) is 41.9 Å². The molecule has 2 unspecified atom stereocenters. The SMILES string of the molecule is C=CC(=O)N(Cc1ccc2scnc2c1)C1CCOC1C. The molecule has 1 aliphatic heterocycles. The summed E-state index contributed by atoms with van der Waals surface area (Å²) in [5.41, 5.74) is 3.91. The second kappa shape index (κ2) is 5.95. The van der Waals surface area contributed by atoms with Crippen LogP contribution in [0.15, 0.2) is 36.4 Å². The maximum atomic E-state index is 12.2. The van der Waals surface area contributed by atoms with Gasteiger partial charge in [-0.2, -0.15) is 0 Å². The fourth-order valence-corrected chi connectivity index (χ4v) is 3.46. The molecule has 1 fully saturated rings. The highest BCUT2D eigenvalue weighted by molar-refractivity contribution is 7.16. The van der Waals surface area contributed by atoms with Crippen LogP contribution < -0.4 is 0 Å². The van der Waals surface area contributed by atoms with Gasteiger partial charge in [0.05, 0.1) is 27.9 Å². The molecule has 3 rings (SSSR count). The Bertz CT molecular complexity index is 667. The van der Waals surface area contributed by atoms with E-state index in [2.05, 4.69) is 29.8 Å². The Morgan fingerprint density at radius 2 is 2.48 bits per heavy atom. The van der Waals surface area contributed by atoms with Crippen molar-refractivity contribution in [2.45, 2.75) is 32.0 Å². The summed E-state index contributed by atoms with van der Waals surface area (Å²) in [6.07, 6.45) is 2.32. The fraction of sp³-hybridized carbons (Fsp3) is 0.375. The van der Waals surface area contributed by atoms with Gasteiger partial charge < -0.3 is 9.64 Å². The monoisotopic (exact) mass is 302 g/mol.